The van der Waals surface area contributed by atoms with E-state index in [2.05, 4.69) is 36.7 Å². The van der Waals surface area contributed by atoms with Crippen LogP contribution in [-0.4, -0.2) is 42.6 Å². The number of nitro groups is 1. The van der Waals surface area contributed by atoms with Crippen molar-refractivity contribution < 1.29 is 19.2 Å². The number of carbonyl (C=O) groups excluding carboxylic acids is 2. The standard InChI is InChI=1S/C26H26BrN5O5/c1-3-31(4-2)22-13-10-19(16-28-30-26(34)18-8-11-20(27)12-9-18)24(15-22)37-17-25(33)29-21-6-5-7-23(14-21)32(35)36/h5-16H,3-4,17H2,1-2H3,(H,29,33)(H,30,34)/b28-16-. The van der Waals surface area contributed by atoms with Crippen molar-refractivity contribution in [2.75, 3.05) is 29.9 Å². The molecule has 0 atom stereocenters. The third-order valence-electron chi connectivity index (χ3n) is 5.30. The molecule has 11 heteroatoms. The van der Waals surface area contributed by atoms with Crippen LogP contribution >= 0.6 is 15.9 Å². The molecule has 0 fully saturated rings. The first-order chi connectivity index (χ1) is 17.8. The van der Waals surface area contributed by atoms with Crippen LogP contribution in [0.2, 0.25) is 0 Å². The van der Waals surface area contributed by atoms with Gasteiger partial charge >= 0.3 is 0 Å². The molecule has 0 saturated heterocycles. The van der Waals surface area contributed by atoms with Crippen LogP contribution in [0.1, 0.15) is 29.8 Å². The van der Waals surface area contributed by atoms with E-state index < -0.39 is 10.8 Å². The first kappa shape index (κ1) is 27.3. The van der Waals surface area contributed by atoms with Gasteiger partial charge < -0.3 is 15.0 Å². The quantitative estimate of drug-likeness (QED) is 0.191. The van der Waals surface area contributed by atoms with Gasteiger partial charge in [0.2, 0.25) is 0 Å². The number of nitro benzene ring substituents is 1. The molecule has 0 aliphatic rings. The van der Waals surface area contributed by atoms with Crippen molar-refractivity contribution in [2.45, 2.75) is 13.8 Å². The minimum absolute atomic E-state index is 0.130. The van der Waals surface area contributed by atoms with Crippen molar-refractivity contribution in [3.63, 3.8) is 0 Å². The second-order valence-electron chi connectivity index (χ2n) is 7.74. The number of hydrogen-bond donors (Lipinski definition) is 2. The summed E-state index contributed by atoms with van der Waals surface area (Å²) in [5.74, 6) is -0.470. The lowest BCUT2D eigenvalue weighted by Crippen LogP contribution is -2.23. The second-order valence-corrected chi connectivity index (χ2v) is 8.66. The smallest absolute Gasteiger partial charge is 0.271 e. The molecule has 3 aromatic carbocycles. The Bertz CT molecular complexity index is 1290. The number of hydrazone groups is 1. The fourth-order valence-electron chi connectivity index (χ4n) is 3.40. The zero-order chi connectivity index (χ0) is 26.8. The minimum Gasteiger partial charge on any atom is -0.483 e. The van der Waals surface area contributed by atoms with Gasteiger partial charge in [-0.1, -0.05) is 22.0 Å². The van der Waals surface area contributed by atoms with Crippen LogP contribution in [0.15, 0.2) is 76.3 Å². The number of hydrogen-bond acceptors (Lipinski definition) is 7. The van der Waals surface area contributed by atoms with Gasteiger partial charge in [-0.25, -0.2) is 5.43 Å². The van der Waals surface area contributed by atoms with Gasteiger partial charge in [0.25, 0.3) is 17.5 Å². The Morgan fingerprint density at radius 1 is 1.08 bits per heavy atom. The van der Waals surface area contributed by atoms with Crippen LogP contribution in [0.5, 0.6) is 5.75 Å². The van der Waals surface area contributed by atoms with E-state index in [4.69, 9.17) is 4.74 Å². The Morgan fingerprint density at radius 3 is 2.49 bits per heavy atom. The van der Waals surface area contributed by atoms with Crippen LogP contribution in [0.3, 0.4) is 0 Å². The Labute approximate surface area is 222 Å². The average Bonchev–Trinajstić information content (AvgIpc) is 2.89. The first-order valence-corrected chi connectivity index (χ1v) is 12.2. The number of ether oxygens (including phenoxy) is 1. The molecule has 2 amide bonds. The van der Waals surface area contributed by atoms with Gasteiger partial charge in [0.05, 0.1) is 11.1 Å². The average molecular weight is 568 g/mol. The Hall–Kier alpha value is -4.25. The predicted molar refractivity (Wildman–Crippen MR) is 146 cm³/mol. The summed E-state index contributed by atoms with van der Waals surface area (Å²) in [5.41, 5.74) is 4.54. The topological polar surface area (TPSA) is 126 Å². The number of non-ortho nitro benzene ring substituents is 1. The SMILES string of the molecule is CCN(CC)c1ccc(/C=N\NC(=O)c2ccc(Br)cc2)c(OCC(=O)Nc2cccc([N+](=O)[O-])c2)c1. The van der Waals surface area contributed by atoms with Gasteiger partial charge in [-0.3, -0.25) is 19.7 Å². The highest BCUT2D eigenvalue weighted by atomic mass is 79.9. The maximum absolute atomic E-state index is 12.5. The number of halogens is 1. The summed E-state index contributed by atoms with van der Waals surface area (Å²) in [5, 5.41) is 17.6. The monoisotopic (exact) mass is 567 g/mol. The Kier molecular flexibility index (Phi) is 9.73. The van der Waals surface area contributed by atoms with E-state index in [1.54, 1.807) is 42.5 Å². The van der Waals surface area contributed by atoms with Gasteiger partial charge in [0.15, 0.2) is 6.61 Å². The van der Waals surface area contributed by atoms with Gasteiger partial charge in [-0.05, 0) is 56.3 Å². The Balaban J connectivity index is 1.73. The summed E-state index contributed by atoms with van der Waals surface area (Å²) in [6, 6.07) is 18.0. The summed E-state index contributed by atoms with van der Waals surface area (Å²) in [6.07, 6.45) is 1.44. The maximum atomic E-state index is 12.5. The number of nitrogens with one attached hydrogen (secondary N) is 2. The molecule has 0 spiro atoms. The molecule has 0 aromatic heterocycles. The maximum Gasteiger partial charge on any atom is 0.271 e. The number of amides is 2. The fraction of sp³-hybridized carbons (Fsp3) is 0.192. The molecule has 37 heavy (non-hydrogen) atoms. The summed E-state index contributed by atoms with van der Waals surface area (Å²) in [4.78, 5) is 37.4. The summed E-state index contributed by atoms with van der Waals surface area (Å²) < 4.78 is 6.66. The molecule has 10 nitrogen and oxygen atoms in total. The molecule has 0 heterocycles. The van der Waals surface area contributed by atoms with Gasteiger partial charge in [-0.15, -0.1) is 0 Å². The molecular formula is C26H26BrN5O5. The number of benzene rings is 3. The molecule has 3 rings (SSSR count). The normalized spacial score (nSPS) is 10.7. The van der Waals surface area contributed by atoms with E-state index in [9.17, 15) is 19.7 Å². The second kappa shape index (κ2) is 13.2. The lowest BCUT2D eigenvalue weighted by atomic mass is 10.1. The molecule has 3 aromatic rings. The number of rotatable bonds is 11. The fourth-order valence-corrected chi connectivity index (χ4v) is 3.67. The van der Waals surface area contributed by atoms with Gasteiger partial charge in [0.1, 0.15) is 5.75 Å². The van der Waals surface area contributed by atoms with Crippen LogP contribution in [-0.2, 0) is 4.79 Å². The predicted octanol–water partition coefficient (Wildman–Crippen LogP) is 4.98. The molecule has 192 valence electrons. The van der Waals surface area contributed by atoms with Crippen molar-refractivity contribution in [1.82, 2.24) is 5.43 Å². The van der Waals surface area contributed by atoms with Crippen LogP contribution < -0.4 is 20.4 Å². The number of anilines is 2. The lowest BCUT2D eigenvalue weighted by molar-refractivity contribution is -0.384. The van der Waals surface area contributed by atoms with E-state index in [0.717, 1.165) is 23.2 Å². The lowest BCUT2D eigenvalue weighted by Gasteiger charge is -2.22. The summed E-state index contributed by atoms with van der Waals surface area (Å²) in [6.45, 7) is 5.28. The van der Waals surface area contributed by atoms with Gasteiger partial charge in [-0.2, -0.15) is 5.10 Å². The number of carbonyl (C=O) groups is 2. The van der Waals surface area contributed by atoms with Crippen molar-refractivity contribution in [1.29, 1.82) is 0 Å². The molecule has 0 radical (unpaired) electrons. The molecular weight excluding hydrogens is 542 g/mol. The first-order valence-electron chi connectivity index (χ1n) is 11.5. The van der Waals surface area contributed by atoms with Gasteiger partial charge in [0, 0.05) is 58.3 Å². The van der Waals surface area contributed by atoms with E-state index >= 15 is 0 Å². The zero-order valence-corrected chi connectivity index (χ0v) is 21.9. The van der Waals surface area contributed by atoms with Crippen LogP contribution in [0, 0.1) is 10.1 Å². The summed E-state index contributed by atoms with van der Waals surface area (Å²) >= 11 is 3.33. The van der Waals surface area contributed by atoms with Crippen molar-refractivity contribution in [3.8, 4) is 5.75 Å². The van der Waals surface area contributed by atoms with E-state index in [-0.39, 0.29) is 23.9 Å². The Morgan fingerprint density at radius 2 is 1.81 bits per heavy atom. The van der Waals surface area contributed by atoms with E-state index in [0.29, 0.717) is 16.9 Å². The molecule has 0 saturated carbocycles. The van der Waals surface area contributed by atoms with Crippen LogP contribution in [0.25, 0.3) is 0 Å². The molecule has 0 unspecified atom stereocenters. The highest BCUT2D eigenvalue weighted by molar-refractivity contribution is 9.10. The van der Waals surface area contributed by atoms with Crippen molar-refractivity contribution in [3.05, 3.63) is 92.4 Å². The molecule has 0 aliphatic carbocycles. The third kappa shape index (κ3) is 7.87. The third-order valence-corrected chi connectivity index (χ3v) is 5.83. The molecule has 2 N–H and O–H groups in total. The summed E-state index contributed by atoms with van der Waals surface area (Å²) in [7, 11) is 0. The number of nitrogens with zero attached hydrogens (tertiary/aromatic N) is 3. The highest BCUT2D eigenvalue weighted by Crippen LogP contribution is 2.25. The van der Waals surface area contributed by atoms with Crippen molar-refractivity contribution in [2.24, 2.45) is 5.10 Å². The van der Waals surface area contributed by atoms with Crippen molar-refractivity contribution >= 4 is 51.0 Å². The highest BCUT2D eigenvalue weighted by Gasteiger charge is 2.12. The molecule has 0 aliphatic heterocycles. The zero-order valence-electron chi connectivity index (χ0n) is 20.3. The van der Waals surface area contributed by atoms with Crippen LogP contribution in [0.4, 0.5) is 17.1 Å². The van der Waals surface area contributed by atoms with E-state index in [1.807, 2.05) is 19.9 Å². The minimum atomic E-state index is -0.536. The largest absolute Gasteiger partial charge is 0.483 e. The van der Waals surface area contributed by atoms with E-state index in [1.165, 1.54) is 24.4 Å². The molecule has 0 bridgehead atoms.